The molecule has 1 aromatic heterocycles. The van der Waals surface area contributed by atoms with Crippen molar-refractivity contribution < 1.29 is 4.39 Å². The number of rotatable bonds is 3. The highest BCUT2D eigenvalue weighted by Crippen LogP contribution is 2.25. The van der Waals surface area contributed by atoms with E-state index in [0.29, 0.717) is 6.42 Å². The summed E-state index contributed by atoms with van der Waals surface area (Å²) in [5, 5.41) is 2.01. The van der Waals surface area contributed by atoms with Crippen LogP contribution >= 0.6 is 27.3 Å². The van der Waals surface area contributed by atoms with Crippen molar-refractivity contribution in [1.29, 1.82) is 0 Å². The Morgan fingerprint density at radius 3 is 2.81 bits per heavy atom. The minimum Gasteiger partial charge on any atom is -0.323 e. The third kappa shape index (κ3) is 2.70. The van der Waals surface area contributed by atoms with E-state index in [1.807, 2.05) is 17.5 Å². The molecule has 84 valence electrons. The highest BCUT2D eigenvalue weighted by Gasteiger charge is 2.10. The van der Waals surface area contributed by atoms with Crippen LogP contribution < -0.4 is 5.73 Å². The van der Waals surface area contributed by atoms with Crippen molar-refractivity contribution in [3.05, 3.63) is 56.4 Å². The Balaban J connectivity index is 2.15. The van der Waals surface area contributed by atoms with Crippen molar-refractivity contribution >= 4 is 27.3 Å². The monoisotopic (exact) mass is 299 g/mol. The van der Waals surface area contributed by atoms with Gasteiger partial charge in [-0.2, -0.15) is 0 Å². The number of hydrogen-bond donors (Lipinski definition) is 1. The van der Waals surface area contributed by atoms with E-state index in [-0.39, 0.29) is 11.9 Å². The van der Waals surface area contributed by atoms with Gasteiger partial charge in [-0.3, -0.25) is 0 Å². The van der Waals surface area contributed by atoms with Gasteiger partial charge in [-0.1, -0.05) is 28.1 Å². The van der Waals surface area contributed by atoms with Crippen molar-refractivity contribution in [2.75, 3.05) is 0 Å². The summed E-state index contributed by atoms with van der Waals surface area (Å²) < 4.78 is 13.7. The summed E-state index contributed by atoms with van der Waals surface area (Å²) >= 11 is 4.99. The van der Waals surface area contributed by atoms with Crippen LogP contribution in [-0.4, -0.2) is 0 Å². The second-order valence-corrected chi connectivity index (χ2v) is 5.40. The van der Waals surface area contributed by atoms with E-state index in [4.69, 9.17) is 5.73 Å². The Morgan fingerprint density at radius 2 is 2.19 bits per heavy atom. The van der Waals surface area contributed by atoms with E-state index < -0.39 is 0 Å². The maximum absolute atomic E-state index is 12.9. The standard InChI is InChI=1S/C12H11BrFNS/c13-10-7-9(14)4-3-8(10)6-11(15)12-2-1-5-16-12/h1-5,7,11H,6,15H2. The molecule has 0 aliphatic heterocycles. The smallest absolute Gasteiger partial charge is 0.124 e. The number of thiophene rings is 1. The lowest BCUT2D eigenvalue weighted by atomic mass is 10.1. The lowest BCUT2D eigenvalue weighted by molar-refractivity contribution is 0.624. The second-order valence-electron chi connectivity index (χ2n) is 3.56. The fourth-order valence-electron chi connectivity index (χ4n) is 1.53. The summed E-state index contributed by atoms with van der Waals surface area (Å²) in [6.07, 6.45) is 0.710. The molecular weight excluding hydrogens is 289 g/mol. The first-order valence-corrected chi connectivity index (χ1v) is 6.57. The van der Waals surface area contributed by atoms with Crippen molar-refractivity contribution in [2.24, 2.45) is 5.73 Å². The second kappa shape index (κ2) is 5.08. The lowest BCUT2D eigenvalue weighted by Gasteiger charge is -2.11. The third-order valence-corrected chi connectivity index (χ3v) is 4.11. The molecule has 1 heterocycles. The molecule has 16 heavy (non-hydrogen) atoms. The molecule has 0 aliphatic rings. The van der Waals surface area contributed by atoms with Gasteiger partial charge in [0.2, 0.25) is 0 Å². The zero-order chi connectivity index (χ0) is 11.5. The fourth-order valence-corrected chi connectivity index (χ4v) is 2.77. The van der Waals surface area contributed by atoms with Gasteiger partial charge >= 0.3 is 0 Å². The highest BCUT2D eigenvalue weighted by molar-refractivity contribution is 9.10. The summed E-state index contributed by atoms with van der Waals surface area (Å²) in [6, 6.07) is 8.68. The third-order valence-electron chi connectivity index (χ3n) is 2.36. The Labute approximate surface area is 106 Å². The van der Waals surface area contributed by atoms with Crippen molar-refractivity contribution in [3.63, 3.8) is 0 Å². The van der Waals surface area contributed by atoms with Crippen LogP contribution in [0.5, 0.6) is 0 Å². The summed E-state index contributed by atoms with van der Waals surface area (Å²) in [5.41, 5.74) is 7.10. The van der Waals surface area contributed by atoms with Crippen LogP contribution in [0.25, 0.3) is 0 Å². The molecule has 1 unspecified atom stereocenters. The molecule has 1 nitrogen and oxygen atoms in total. The first-order valence-electron chi connectivity index (χ1n) is 4.89. The molecule has 1 aromatic carbocycles. The molecule has 0 saturated heterocycles. The lowest BCUT2D eigenvalue weighted by Crippen LogP contribution is -2.12. The molecular formula is C12H11BrFNS. The average molecular weight is 300 g/mol. The largest absolute Gasteiger partial charge is 0.323 e. The van der Waals surface area contributed by atoms with Crippen LogP contribution in [0.15, 0.2) is 40.2 Å². The summed E-state index contributed by atoms with van der Waals surface area (Å²) in [4.78, 5) is 1.15. The topological polar surface area (TPSA) is 26.0 Å². The van der Waals surface area contributed by atoms with E-state index in [1.165, 1.54) is 12.1 Å². The molecule has 0 aliphatic carbocycles. The molecule has 0 spiro atoms. The van der Waals surface area contributed by atoms with E-state index in [1.54, 1.807) is 17.4 Å². The van der Waals surface area contributed by atoms with E-state index in [2.05, 4.69) is 15.9 Å². The summed E-state index contributed by atoms with van der Waals surface area (Å²) in [5.74, 6) is -0.236. The first kappa shape index (κ1) is 11.8. The van der Waals surface area contributed by atoms with E-state index >= 15 is 0 Å². The van der Waals surface area contributed by atoms with Gasteiger partial charge in [0.1, 0.15) is 5.82 Å². The number of hydrogen-bond acceptors (Lipinski definition) is 2. The van der Waals surface area contributed by atoms with Crippen molar-refractivity contribution in [1.82, 2.24) is 0 Å². The van der Waals surface area contributed by atoms with E-state index in [9.17, 15) is 4.39 Å². The van der Waals surface area contributed by atoms with Gasteiger partial charge in [0.05, 0.1) is 0 Å². The Hall–Kier alpha value is -0.710. The Morgan fingerprint density at radius 1 is 1.38 bits per heavy atom. The maximum Gasteiger partial charge on any atom is 0.124 e. The van der Waals surface area contributed by atoms with Crippen LogP contribution in [0.4, 0.5) is 4.39 Å². The van der Waals surface area contributed by atoms with Gasteiger partial charge in [0.15, 0.2) is 0 Å². The number of halogens is 2. The van der Waals surface area contributed by atoms with Crippen molar-refractivity contribution in [2.45, 2.75) is 12.5 Å². The van der Waals surface area contributed by atoms with E-state index in [0.717, 1.165) is 14.9 Å². The van der Waals surface area contributed by atoms with Crippen LogP contribution in [0.3, 0.4) is 0 Å². The molecule has 0 amide bonds. The summed E-state index contributed by atoms with van der Waals surface area (Å²) in [6.45, 7) is 0. The van der Waals surface area contributed by atoms with Crippen molar-refractivity contribution in [3.8, 4) is 0 Å². The molecule has 2 rings (SSSR count). The van der Waals surface area contributed by atoms with Crippen LogP contribution in [0, 0.1) is 5.82 Å². The zero-order valence-electron chi connectivity index (χ0n) is 8.49. The van der Waals surface area contributed by atoms with Gasteiger partial charge in [0.25, 0.3) is 0 Å². The zero-order valence-corrected chi connectivity index (χ0v) is 10.9. The number of benzene rings is 1. The predicted octanol–water partition coefficient (Wildman–Crippen LogP) is 3.89. The molecule has 0 saturated carbocycles. The summed E-state index contributed by atoms with van der Waals surface area (Å²) in [7, 11) is 0. The molecule has 0 radical (unpaired) electrons. The maximum atomic E-state index is 12.9. The van der Waals surface area contributed by atoms with Crippen LogP contribution in [0.1, 0.15) is 16.5 Å². The average Bonchev–Trinajstić information content (AvgIpc) is 2.75. The first-order chi connectivity index (χ1) is 7.66. The highest BCUT2D eigenvalue weighted by atomic mass is 79.9. The minimum atomic E-state index is -0.236. The number of nitrogens with two attached hydrogens (primary N) is 1. The van der Waals surface area contributed by atoms with Gasteiger partial charge < -0.3 is 5.73 Å². The van der Waals surface area contributed by atoms with Gasteiger partial charge in [-0.25, -0.2) is 4.39 Å². The molecule has 4 heteroatoms. The van der Waals surface area contributed by atoms with Crippen LogP contribution in [-0.2, 0) is 6.42 Å². The van der Waals surface area contributed by atoms with Gasteiger partial charge in [-0.15, -0.1) is 11.3 Å². The Kier molecular flexibility index (Phi) is 3.74. The molecule has 2 aromatic rings. The normalized spacial score (nSPS) is 12.7. The molecule has 0 fully saturated rings. The quantitative estimate of drug-likeness (QED) is 0.914. The van der Waals surface area contributed by atoms with Gasteiger partial charge in [0, 0.05) is 15.4 Å². The molecule has 1 atom stereocenters. The fraction of sp³-hybridized carbons (Fsp3) is 0.167. The SMILES string of the molecule is NC(Cc1ccc(F)cc1Br)c1cccs1. The van der Waals surface area contributed by atoms with Gasteiger partial charge in [-0.05, 0) is 35.6 Å². The molecule has 0 bridgehead atoms. The molecule has 2 N–H and O–H groups in total. The van der Waals surface area contributed by atoms with Crippen LogP contribution in [0.2, 0.25) is 0 Å². The minimum absolute atomic E-state index is 0.0261. The Bertz CT molecular complexity index is 470. The predicted molar refractivity (Wildman–Crippen MR) is 69.1 cm³/mol.